The summed E-state index contributed by atoms with van der Waals surface area (Å²) in [5.74, 6) is -1.04. The summed E-state index contributed by atoms with van der Waals surface area (Å²) in [5.41, 5.74) is 0.114. The summed E-state index contributed by atoms with van der Waals surface area (Å²) in [6, 6.07) is 6.42. The van der Waals surface area contributed by atoms with Gasteiger partial charge in [0.25, 0.3) is 5.91 Å². The third-order valence-electron chi connectivity index (χ3n) is 4.23. The average molecular weight is 411 g/mol. The first kappa shape index (κ1) is 22.0. The molecule has 1 saturated heterocycles. The van der Waals surface area contributed by atoms with Gasteiger partial charge in [0.15, 0.2) is 6.10 Å². The van der Waals surface area contributed by atoms with Crippen LogP contribution in [0.25, 0.3) is 0 Å². The summed E-state index contributed by atoms with van der Waals surface area (Å²) in [6.07, 6.45) is -0.392. The summed E-state index contributed by atoms with van der Waals surface area (Å²) in [4.78, 5) is 38.4. The van der Waals surface area contributed by atoms with Crippen LogP contribution in [0.3, 0.4) is 0 Å². The molecule has 28 heavy (non-hydrogen) atoms. The maximum atomic E-state index is 12.5. The molecule has 1 fully saturated rings. The monoisotopic (exact) mass is 410 g/mol. The molecule has 2 rings (SSSR count). The number of amides is 2. The van der Waals surface area contributed by atoms with Crippen molar-refractivity contribution in [2.45, 2.75) is 64.8 Å². The molecule has 1 aliphatic heterocycles. The molecule has 154 valence electrons. The van der Waals surface area contributed by atoms with Gasteiger partial charge in [-0.1, -0.05) is 29.8 Å². The Bertz CT molecular complexity index is 732. The van der Waals surface area contributed by atoms with E-state index in [0.717, 1.165) is 5.56 Å². The number of ether oxygens (including phenoxy) is 2. The Labute approximate surface area is 170 Å². The number of carbonyl (C=O) groups excluding carboxylic acids is 3. The minimum atomic E-state index is -0.990. The van der Waals surface area contributed by atoms with Crippen molar-refractivity contribution in [3.05, 3.63) is 34.9 Å². The minimum absolute atomic E-state index is 0.230. The fourth-order valence-electron chi connectivity index (χ4n) is 2.82. The fourth-order valence-corrected chi connectivity index (χ4v) is 3.03. The molecule has 8 heteroatoms. The van der Waals surface area contributed by atoms with E-state index in [1.165, 1.54) is 11.8 Å². The first-order chi connectivity index (χ1) is 13.1. The van der Waals surface area contributed by atoms with Crippen LogP contribution in [0.4, 0.5) is 4.79 Å². The Balaban J connectivity index is 1.89. The molecular formula is C20H27ClN2O5. The van der Waals surface area contributed by atoms with E-state index in [1.807, 2.05) is 6.07 Å². The van der Waals surface area contributed by atoms with Gasteiger partial charge in [-0.25, -0.2) is 9.59 Å². The summed E-state index contributed by atoms with van der Waals surface area (Å²) >= 11 is 6.06. The average Bonchev–Trinajstić information content (AvgIpc) is 3.09. The first-order valence-electron chi connectivity index (χ1n) is 9.29. The van der Waals surface area contributed by atoms with Gasteiger partial charge in [0.1, 0.15) is 11.6 Å². The summed E-state index contributed by atoms with van der Waals surface area (Å²) < 4.78 is 10.6. The van der Waals surface area contributed by atoms with E-state index in [1.54, 1.807) is 39.0 Å². The van der Waals surface area contributed by atoms with E-state index < -0.39 is 35.7 Å². The van der Waals surface area contributed by atoms with Crippen molar-refractivity contribution in [1.82, 2.24) is 10.2 Å². The molecule has 1 aromatic carbocycles. The van der Waals surface area contributed by atoms with Crippen LogP contribution in [0.5, 0.6) is 0 Å². The van der Waals surface area contributed by atoms with Crippen LogP contribution in [0.15, 0.2) is 24.3 Å². The Morgan fingerprint density at radius 3 is 2.61 bits per heavy atom. The predicted molar refractivity (Wildman–Crippen MR) is 105 cm³/mol. The van der Waals surface area contributed by atoms with Crippen LogP contribution in [-0.4, -0.2) is 47.2 Å². The third-order valence-corrected chi connectivity index (χ3v) is 4.59. The lowest BCUT2D eigenvalue weighted by molar-refractivity contribution is -0.158. The molecule has 0 unspecified atom stereocenters. The lowest BCUT2D eigenvalue weighted by atomic mass is 10.2. The molecule has 2 atom stereocenters. The van der Waals surface area contributed by atoms with Crippen LogP contribution in [0.1, 0.15) is 46.1 Å². The Morgan fingerprint density at radius 1 is 1.29 bits per heavy atom. The van der Waals surface area contributed by atoms with Crippen molar-refractivity contribution in [3.8, 4) is 0 Å². The van der Waals surface area contributed by atoms with Crippen molar-refractivity contribution < 1.29 is 23.9 Å². The highest BCUT2D eigenvalue weighted by Crippen LogP contribution is 2.22. The molecule has 0 radical (unpaired) electrons. The van der Waals surface area contributed by atoms with Gasteiger partial charge in [-0.3, -0.25) is 9.69 Å². The lowest BCUT2D eigenvalue weighted by Gasteiger charge is -2.28. The number of nitrogens with zero attached hydrogens (tertiary/aromatic N) is 1. The smallest absolute Gasteiger partial charge is 0.411 e. The number of carbonyl (C=O) groups is 3. The largest absolute Gasteiger partial charge is 0.451 e. The Hall–Kier alpha value is -2.28. The van der Waals surface area contributed by atoms with Gasteiger partial charge in [0, 0.05) is 18.1 Å². The molecule has 0 spiro atoms. The molecule has 1 N–H and O–H groups in total. The van der Waals surface area contributed by atoms with Crippen molar-refractivity contribution in [2.24, 2.45) is 0 Å². The summed E-state index contributed by atoms with van der Waals surface area (Å²) in [7, 11) is 0. The van der Waals surface area contributed by atoms with Crippen LogP contribution < -0.4 is 5.32 Å². The van der Waals surface area contributed by atoms with Crippen LogP contribution in [0.2, 0.25) is 5.02 Å². The maximum Gasteiger partial charge on any atom is 0.411 e. The number of hydrogen-bond donors (Lipinski definition) is 1. The maximum absolute atomic E-state index is 12.5. The van der Waals surface area contributed by atoms with Crippen molar-refractivity contribution >= 4 is 29.6 Å². The molecule has 1 aliphatic rings. The first-order valence-corrected chi connectivity index (χ1v) is 9.67. The van der Waals surface area contributed by atoms with E-state index in [9.17, 15) is 14.4 Å². The molecule has 0 aromatic heterocycles. The molecule has 7 nitrogen and oxygen atoms in total. The molecule has 0 saturated carbocycles. The topological polar surface area (TPSA) is 84.9 Å². The van der Waals surface area contributed by atoms with Crippen molar-refractivity contribution in [3.63, 3.8) is 0 Å². The predicted octanol–water partition coefficient (Wildman–Crippen LogP) is 3.29. The van der Waals surface area contributed by atoms with Crippen LogP contribution in [-0.2, 0) is 25.6 Å². The van der Waals surface area contributed by atoms with Gasteiger partial charge >= 0.3 is 12.1 Å². The summed E-state index contributed by atoms with van der Waals surface area (Å²) in [5, 5.41) is 3.24. The molecule has 1 aromatic rings. The number of rotatable bonds is 5. The normalized spacial score (nSPS) is 17.8. The van der Waals surface area contributed by atoms with E-state index in [4.69, 9.17) is 21.1 Å². The summed E-state index contributed by atoms with van der Waals surface area (Å²) in [6.45, 7) is 7.43. The van der Waals surface area contributed by atoms with Crippen molar-refractivity contribution in [1.29, 1.82) is 0 Å². The zero-order valence-corrected chi connectivity index (χ0v) is 17.4. The second-order valence-electron chi connectivity index (χ2n) is 7.72. The van der Waals surface area contributed by atoms with Crippen LogP contribution in [0, 0.1) is 0 Å². The second-order valence-corrected chi connectivity index (χ2v) is 8.13. The highest BCUT2D eigenvalue weighted by Gasteiger charge is 2.38. The fraction of sp³-hybridized carbons (Fsp3) is 0.550. The highest BCUT2D eigenvalue weighted by atomic mass is 35.5. The molecule has 0 aliphatic carbocycles. The number of hydrogen-bond acceptors (Lipinski definition) is 5. The van der Waals surface area contributed by atoms with Gasteiger partial charge < -0.3 is 14.8 Å². The molecule has 0 bridgehead atoms. The Morgan fingerprint density at radius 2 is 1.96 bits per heavy atom. The number of esters is 1. The third kappa shape index (κ3) is 6.12. The second kappa shape index (κ2) is 9.28. The van der Waals surface area contributed by atoms with Gasteiger partial charge in [-0.2, -0.15) is 0 Å². The molecular weight excluding hydrogens is 384 g/mol. The molecule has 2 amide bonds. The van der Waals surface area contributed by atoms with Crippen molar-refractivity contribution in [2.75, 3.05) is 6.54 Å². The number of likely N-dealkylation sites (tertiary alicyclic amines) is 1. The van der Waals surface area contributed by atoms with Gasteiger partial charge in [0.2, 0.25) is 0 Å². The van der Waals surface area contributed by atoms with E-state index in [-0.39, 0.29) is 6.54 Å². The Kier molecular flexibility index (Phi) is 7.29. The number of nitrogens with one attached hydrogen (secondary N) is 1. The highest BCUT2D eigenvalue weighted by molar-refractivity contribution is 6.31. The standard InChI is InChI=1S/C20H27ClN2O5/c1-13(17(24)22-12-14-8-5-6-9-15(14)21)27-18(25)16-10-7-11-23(16)19(26)28-20(2,3)4/h5-6,8-9,13,16H,7,10-12H2,1-4H3,(H,22,24)/t13-,16+/m1/s1. The van der Waals surface area contributed by atoms with E-state index in [0.29, 0.717) is 24.4 Å². The lowest BCUT2D eigenvalue weighted by Crippen LogP contribution is -2.46. The minimum Gasteiger partial charge on any atom is -0.451 e. The van der Waals surface area contributed by atoms with Crippen LogP contribution >= 0.6 is 11.6 Å². The zero-order valence-electron chi connectivity index (χ0n) is 16.7. The number of benzene rings is 1. The SMILES string of the molecule is C[C@@H](OC(=O)[C@@H]1CCCN1C(=O)OC(C)(C)C)C(=O)NCc1ccccc1Cl. The van der Waals surface area contributed by atoms with E-state index >= 15 is 0 Å². The zero-order chi connectivity index (χ0) is 20.9. The quantitative estimate of drug-likeness (QED) is 0.753. The van der Waals surface area contributed by atoms with Gasteiger partial charge in [-0.15, -0.1) is 0 Å². The molecule has 1 heterocycles. The van der Waals surface area contributed by atoms with Gasteiger partial charge in [0.05, 0.1) is 0 Å². The van der Waals surface area contributed by atoms with Gasteiger partial charge in [-0.05, 0) is 52.2 Å². The van der Waals surface area contributed by atoms with E-state index in [2.05, 4.69) is 5.32 Å². The number of halogens is 1.